The van der Waals surface area contributed by atoms with Crippen LogP contribution < -0.4 is 0 Å². The standard InChI is InChI=1S/C16H22O6/c1-5-20-16(19)10(2)8-13-6-7-14(11(3)17)15(22-13)9-21-12(4)18/h6-7,13-15H,2,5,8-9H2,1,3-4H3/t13-,14-,15-/m1/s1. The van der Waals surface area contributed by atoms with Crippen molar-refractivity contribution in [1.29, 1.82) is 0 Å². The van der Waals surface area contributed by atoms with Crippen molar-refractivity contribution in [3.63, 3.8) is 0 Å². The third-order valence-electron chi connectivity index (χ3n) is 3.22. The van der Waals surface area contributed by atoms with Crippen molar-refractivity contribution in [3.05, 3.63) is 24.3 Å². The van der Waals surface area contributed by atoms with Crippen LogP contribution in [0.5, 0.6) is 0 Å². The normalized spacial score (nSPS) is 23.7. The van der Waals surface area contributed by atoms with Gasteiger partial charge in [-0.1, -0.05) is 18.7 Å². The lowest BCUT2D eigenvalue weighted by Crippen LogP contribution is -2.39. The molecule has 6 heteroatoms. The SMILES string of the molecule is C=C(C[C@H]1C=C[C@H](C(C)=O)[C@@H](COC(C)=O)O1)C(=O)OCC. The van der Waals surface area contributed by atoms with Gasteiger partial charge in [0.15, 0.2) is 0 Å². The largest absolute Gasteiger partial charge is 0.463 e. The Morgan fingerprint density at radius 1 is 1.18 bits per heavy atom. The maximum atomic E-state index is 11.6. The topological polar surface area (TPSA) is 78.9 Å². The third-order valence-corrected chi connectivity index (χ3v) is 3.22. The molecule has 0 unspecified atom stereocenters. The molecule has 1 heterocycles. The highest BCUT2D eigenvalue weighted by atomic mass is 16.6. The summed E-state index contributed by atoms with van der Waals surface area (Å²) in [5.41, 5.74) is 0.295. The number of carbonyl (C=O) groups excluding carboxylic acids is 3. The van der Waals surface area contributed by atoms with E-state index in [2.05, 4.69) is 6.58 Å². The highest BCUT2D eigenvalue weighted by molar-refractivity contribution is 5.87. The summed E-state index contributed by atoms with van der Waals surface area (Å²) in [5, 5.41) is 0. The van der Waals surface area contributed by atoms with Crippen molar-refractivity contribution in [2.45, 2.75) is 39.4 Å². The van der Waals surface area contributed by atoms with E-state index in [-0.39, 0.29) is 25.4 Å². The smallest absolute Gasteiger partial charge is 0.333 e. The Bertz CT molecular complexity index is 479. The maximum Gasteiger partial charge on any atom is 0.333 e. The number of rotatable bonds is 7. The fourth-order valence-corrected chi connectivity index (χ4v) is 2.14. The molecule has 0 aromatic rings. The fourth-order valence-electron chi connectivity index (χ4n) is 2.14. The summed E-state index contributed by atoms with van der Waals surface area (Å²) in [6.45, 7) is 8.42. The van der Waals surface area contributed by atoms with E-state index in [1.165, 1.54) is 13.8 Å². The van der Waals surface area contributed by atoms with E-state index >= 15 is 0 Å². The Kier molecular flexibility index (Phi) is 6.98. The van der Waals surface area contributed by atoms with Gasteiger partial charge in [-0.2, -0.15) is 0 Å². The first-order valence-corrected chi connectivity index (χ1v) is 7.17. The molecule has 0 spiro atoms. The molecule has 0 saturated heterocycles. The summed E-state index contributed by atoms with van der Waals surface area (Å²) in [6, 6.07) is 0. The molecule has 0 aromatic carbocycles. The Labute approximate surface area is 130 Å². The number of hydrogen-bond acceptors (Lipinski definition) is 6. The molecule has 122 valence electrons. The molecule has 0 radical (unpaired) electrons. The lowest BCUT2D eigenvalue weighted by atomic mass is 9.93. The lowest BCUT2D eigenvalue weighted by Gasteiger charge is -2.31. The molecule has 22 heavy (non-hydrogen) atoms. The van der Waals surface area contributed by atoms with Gasteiger partial charge in [-0.05, 0) is 13.8 Å². The van der Waals surface area contributed by atoms with Gasteiger partial charge in [-0.25, -0.2) is 4.79 Å². The van der Waals surface area contributed by atoms with Crippen molar-refractivity contribution in [2.24, 2.45) is 5.92 Å². The van der Waals surface area contributed by atoms with Crippen molar-refractivity contribution in [1.82, 2.24) is 0 Å². The average molecular weight is 310 g/mol. The van der Waals surface area contributed by atoms with Crippen LogP contribution in [0, 0.1) is 5.92 Å². The van der Waals surface area contributed by atoms with Crippen molar-refractivity contribution in [2.75, 3.05) is 13.2 Å². The van der Waals surface area contributed by atoms with E-state index in [1.807, 2.05) is 0 Å². The molecule has 6 nitrogen and oxygen atoms in total. The maximum absolute atomic E-state index is 11.6. The first kappa shape index (κ1) is 18.1. The molecular formula is C16H22O6. The highest BCUT2D eigenvalue weighted by Gasteiger charge is 2.31. The molecule has 1 aliphatic heterocycles. The molecule has 0 N–H and O–H groups in total. The first-order chi connectivity index (χ1) is 10.3. The second kappa shape index (κ2) is 8.48. The molecule has 0 fully saturated rings. The highest BCUT2D eigenvalue weighted by Crippen LogP contribution is 2.24. The molecule has 0 amide bonds. The van der Waals surface area contributed by atoms with Crippen molar-refractivity contribution < 1.29 is 28.6 Å². The van der Waals surface area contributed by atoms with Crippen LogP contribution in [-0.2, 0) is 28.6 Å². The number of carbonyl (C=O) groups is 3. The van der Waals surface area contributed by atoms with Gasteiger partial charge in [0.1, 0.15) is 18.5 Å². The van der Waals surface area contributed by atoms with Gasteiger partial charge in [-0.3, -0.25) is 9.59 Å². The van der Waals surface area contributed by atoms with E-state index in [0.717, 1.165) is 0 Å². The second-order valence-corrected chi connectivity index (χ2v) is 5.07. The molecular weight excluding hydrogens is 288 g/mol. The number of esters is 2. The summed E-state index contributed by atoms with van der Waals surface area (Å²) in [4.78, 5) is 34.1. The number of ketones is 1. The summed E-state index contributed by atoms with van der Waals surface area (Å²) >= 11 is 0. The zero-order valence-corrected chi connectivity index (χ0v) is 13.2. The van der Waals surface area contributed by atoms with Crippen LogP contribution >= 0.6 is 0 Å². The minimum atomic E-state index is -0.564. The predicted octanol–water partition coefficient (Wildman–Crippen LogP) is 1.59. The summed E-state index contributed by atoms with van der Waals surface area (Å²) in [5.74, 6) is -1.44. The number of Topliss-reactive ketones (excluding diaryl/α,β-unsaturated/α-hetero) is 1. The van der Waals surface area contributed by atoms with Crippen LogP contribution in [0.4, 0.5) is 0 Å². The van der Waals surface area contributed by atoms with Gasteiger partial charge < -0.3 is 14.2 Å². The predicted molar refractivity (Wildman–Crippen MR) is 79.0 cm³/mol. The average Bonchev–Trinajstić information content (AvgIpc) is 2.45. The van der Waals surface area contributed by atoms with Crippen LogP contribution in [0.1, 0.15) is 27.2 Å². The quantitative estimate of drug-likeness (QED) is 0.403. The summed E-state index contributed by atoms with van der Waals surface area (Å²) in [7, 11) is 0. The van der Waals surface area contributed by atoms with Gasteiger partial charge in [0.2, 0.25) is 0 Å². The van der Waals surface area contributed by atoms with Crippen molar-refractivity contribution >= 4 is 17.7 Å². The Morgan fingerprint density at radius 3 is 2.41 bits per heavy atom. The number of ether oxygens (including phenoxy) is 3. The molecule has 0 saturated carbocycles. The Hall–Kier alpha value is -1.95. The lowest BCUT2D eigenvalue weighted by molar-refractivity contribution is -0.151. The van der Waals surface area contributed by atoms with Crippen molar-refractivity contribution in [3.8, 4) is 0 Å². The van der Waals surface area contributed by atoms with E-state index in [0.29, 0.717) is 5.57 Å². The van der Waals surface area contributed by atoms with E-state index in [1.54, 1.807) is 19.1 Å². The third kappa shape index (κ3) is 5.44. The van der Waals surface area contributed by atoms with Crippen LogP contribution in [0.2, 0.25) is 0 Å². The van der Waals surface area contributed by atoms with Crippen LogP contribution in [-0.4, -0.2) is 43.1 Å². The Morgan fingerprint density at radius 2 is 1.86 bits per heavy atom. The Balaban J connectivity index is 2.69. The van der Waals surface area contributed by atoms with Crippen LogP contribution in [0.3, 0.4) is 0 Å². The molecule has 0 bridgehead atoms. The molecule has 1 aliphatic rings. The van der Waals surface area contributed by atoms with E-state index < -0.39 is 30.1 Å². The monoisotopic (exact) mass is 310 g/mol. The van der Waals surface area contributed by atoms with Crippen LogP contribution in [0.25, 0.3) is 0 Å². The molecule has 0 aliphatic carbocycles. The minimum absolute atomic E-state index is 0.00764. The first-order valence-electron chi connectivity index (χ1n) is 7.17. The zero-order chi connectivity index (χ0) is 16.7. The second-order valence-electron chi connectivity index (χ2n) is 5.07. The minimum Gasteiger partial charge on any atom is -0.463 e. The summed E-state index contributed by atoms with van der Waals surface area (Å²) < 4.78 is 15.6. The molecule has 1 rings (SSSR count). The molecule has 3 atom stereocenters. The summed E-state index contributed by atoms with van der Waals surface area (Å²) in [6.07, 6.45) is 2.74. The van der Waals surface area contributed by atoms with Gasteiger partial charge in [0, 0.05) is 18.9 Å². The van der Waals surface area contributed by atoms with Crippen LogP contribution in [0.15, 0.2) is 24.3 Å². The molecule has 0 aromatic heterocycles. The van der Waals surface area contributed by atoms with E-state index in [9.17, 15) is 14.4 Å². The van der Waals surface area contributed by atoms with Gasteiger partial charge >= 0.3 is 11.9 Å². The van der Waals surface area contributed by atoms with Gasteiger partial charge in [-0.15, -0.1) is 0 Å². The fraction of sp³-hybridized carbons (Fsp3) is 0.562. The van der Waals surface area contributed by atoms with E-state index in [4.69, 9.17) is 14.2 Å². The zero-order valence-electron chi connectivity index (χ0n) is 13.2. The van der Waals surface area contributed by atoms with Gasteiger partial charge in [0.05, 0.1) is 18.6 Å². The van der Waals surface area contributed by atoms with Gasteiger partial charge in [0.25, 0.3) is 0 Å². The number of hydrogen-bond donors (Lipinski definition) is 0.